The Morgan fingerprint density at radius 2 is 1.23 bits per heavy atom. The number of nitrogens with zero attached hydrogens (tertiary/aromatic N) is 4. The molecular weight excluding hydrogens is 1300 g/mol. The Morgan fingerprint density at radius 3 is 1.64 bits per heavy atom. The summed E-state index contributed by atoms with van der Waals surface area (Å²) in [6.07, 6.45) is -6.78. The Morgan fingerprint density at radius 1 is 0.760 bits per heavy atom. The van der Waals surface area contributed by atoms with E-state index in [1.165, 1.54) is 53.2 Å². The maximum Gasteiger partial charge on any atom is 1.00 e. The fourth-order valence-electron chi connectivity index (χ4n) is 6.75. The topological polar surface area (TPSA) is 227 Å². The summed E-state index contributed by atoms with van der Waals surface area (Å²) in [5.74, 6) is -1.44. The number of rotatable bonds is 15. The zero-order valence-electron chi connectivity index (χ0n) is 41.2. The minimum absolute atomic E-state index is 0. The van der Waals surface area contributed by atoms with Gasteiger partial charge in [-0.15, -0.1) is 34.3 Å². The molecule has 2 unspecified atom stereocenters. The van der Waals surface area contributed by atoms with Crippen LogP contribution in [0.15, 0.2) is 119 Å². The largest absolute Gasteiger partial charge is 1.00 e. The first-order chi connectivity index (χ1) is 34.7. The van der Waals surface area contributed by atoms with Gasteiger partial charge in [-0.3, -0.25) is 14.4 Å². The van der Waals surface area contributed by atoms with E-state index in [9.17, 15) is 46.1 Å². The molecule has 75 heavy (non-hydrogen) atoms. The number of aromatic nitrogens is 3. The molecule has 0 amide bonds. The number of phenols is 1. The second-order valence-electron chi connectivity index (χ2n) is 15.4. The molecule has 0 radical (unpaired) electrons. The number of aromatic hydroxyl groups is 1. The number of ether oxygens (including phenoxy) is 1. The molecule has 2 atom stereocenters. The fraction of sp³-hybridized carbons (Fsp3) is 0.245. The van der Waals surface area contributed by atoms with Crippen molar-refractivity contribution in [3.63, 3.8) is 0 Å². The molecule has 7 aromatic rings. The third-order valence-corrected chi connectivity index (χ3v) is 13.2. The van der Waals surface area contributed by atoms with Gasteiger partial charge in [0.1, 0.15) is 41.0 Å². The second-order valence-corrected chi connectivity index (χ2v) is 17.8. The van der Waals surface area contributed by atoms with Crippen molar-refractivity contribution in [1.29, 1.82) is 0 Å². The summed E-state index contributed by atoms with van der Waals surface area (Å²) in [7, 11) is 0. The molecule has 1 aliphatic heterocycles. The Bertz CT molecular complexity index is 2920. The van der Waals surface area contributed by atoms with Crippen LogP contribution in [-0.2, 0) is 48.9 Å². The second kappa shape index (κ2) is 32.0. The molecule has 0 saturated heterocycles. The molecule has 388 valence electrons. The number of halogens is 7. The molecule has 0 saturated carbocycles. The van der Waals surface area contributed by atoms with E-state index in [1.807, 2.05) is 13.8 Å². The number of carbonyl (C=O) groups is 3. The van der Waals surface area contributed by atoms with E-state index in [0.29, 0.717) is 51.5 Å². The molecular formula is C49H43ClCs2F6N4O11S2. The number of hydrogen-bond donors (Lipinski definition) is 3. The number of carbonyl (C=O) groups excluding carboxylic acids is 1. The van der Waals surface area contributed by atoms with Gasteiger partial charge >= 0.3 is 162 Å². The number of alkyl halides is 7. The van der Waals surface area contributed by atoms with Crippen LogP contribution in [0, 0.1) is 13.8 Å². The number of aryl methyl sites for hydroxylation is 2. The van der Waals surface area contributed by atoms with Gasteiger partial charge < -0.3 is 41.0 Å². The van der Waals surface area contributed by atoms with Crippen molar-refractivity contribution in [2.75, 3.05) is 6.61 Å². The zero-order valence-corrected chi connectivity index (χ0v) is 55.2. The van der Waals surface area contributed by atoms with Crippen molar-refractivity contribution >= 4 is 58.4 Å². The van der Waals surface area contributed by atoms with Gasteiger partial charge in [0, 0.05) is 40.3 Å². The Kier molecular flexibility index (Phi) is 28.2. The summed E-state index contributed by atoms with van der Waals surface area (Å²) in [6.45, 7) is 4.22. The van der Waals surface area contributed by atoms with Gasteiger partial charge in [-0.2, -0.15) is 26.3 Å². The van der Waals surface area contributed by atoms with Crippen LogP contribution in [0.3, 0.4) is 0 Å². The molecule has 1 aliphatic rings. The van der Waals surface area contributed by atoms with Gasteiger partial charge in [-0.05, 0) is 73.5 Å². The summed E-state index contributed by atoms with van der Waals surface area (Å²) < 4.78 is 86.3. The first-order valence-corrected chi connectivity index (χ1v) is 23.5. The van der Waals surface area contributed by atoms with Gasteiger partial charge in [-0.25, -0.2) is 9.97 Å². The quantitative estimate of drug-likeness (QED) is 0.0381. The van der Waals surface area contributed by atoms with Crippen molar-refractivity contribution in [3.05, 3.63) is 158 Å². The number of thiazole rings is 2. The van der Waals surface area contributed by atoms with Crippen LogP contribution >= 0.6 is 34.3 Å². The number of phenolic OH excluding ortho intramolecular Hbond substituents is 1. The zero-order chi connectivity index (χ0) is 53.3. The van der Waals surface area contributed by atoms with E-state index in [0.717, 1.165) is 62.2 Å². The standard InChI is InChI=1S/C24H19F3N2O4S.C12H9ClF3NS.C12H13NO4.CH2O3.2Cs.H/c1-14-21(34-23(28-14)16-2-6-17(7-3-16)24(25,26)27)13-32-18-8-4-15(5-9-18)19(12-22(30)31)20-10-11-33-29-20;1-7-10(6-13)18-11(17-7)8-2-4-9(5-3-8)12(14,15)16;14-9-3-1-8(2-4-9)10(7-12(15)16)11-5-6-17-13-11;2-1-4-3;;;/h2-11,19H,12-13H2,1H3,(H,30,31);2-5H,6H2,1H3;1-4,10,14H,5-7H2,(H,15,16);1,3H;;;/q;;;;2*+1;-1/p-1. The van der Waals surface area contributed by atoms with E-state index < -0.39 is 41.3 Å². The van der Waals surface area contributed by atoms with Gasteiger partial charge in [0.25, 0.3) is 6.47 Å². The van der Waals surface area contributed by atoms with Crippen molar-refractivity contribution in [3.8, 4) is 32.6 Å². The monoisotopic (exact) mass is 1340 g/mol. The Labute approximate surface area is 556 Å². The number of benzene rings is 4. The molecule has 3 aromatic heterocycles. The van der Waals surface area contributed by atoms with Crippen LogP contribution in [0.1, 0.15) is 81.6 Å². The van der Waals surface area contributed by atoms with Gasteiger partial charge in [0.05, 0.1) is 57.5 Å². The van der Waals surface area contributed by atoms with Crippen LogP contribution in [0.2, 0.25) is 0 Å². The SMILES string of the molecule is Cc1nc(-c2ccc(C(F)(F)F)cc2)sc1CCl.Cc1nc(-c2ccc(C(F)(F)F)cc2)sc1COc1ccc(C(CC(=O)O)c2ccon2)cc1.O=C(O)CC(C1=NOCC1)c1ccc(O)cc1.O=CO[O-].[Cs+].[Cs+].[H-]. The van der Waals surface area contributed by atoms with Crippen molar-refractivity contribution in [1.82, 2.24) is 15.1 Å². The van der Waals surface area contributed by atoms with Crippen LogP contribution in [0.25, 0.3) is 21.1 Å². The van der Waals surface area contributed by atoms with Crippen LogP contribution in [0.5, 0.6) is 11.5 Å². The smallest absolute Gasteiger partial charge is 1.00 e. The number of carboxylic acid groups (broad SMARTS) is 2. The average molecular weight is 1340 g/mol. The minimum Gasteiger partial charge on any atom is -1.00 e. The number of hydrogen-bond acceptors (Lipinski definition) is 15. The third kappa shape index (κ3) is 20.8. The van der Waals surface area contributed by atoms with E-state index >= 15 is 0 Å². The van der Waals surface area contributed by atoms with E-state index in [-0.39, 0.29) is 177 Å². The van der Waals surface area contributed by atoms with E-state index in [1.54, 1.807) is 54.6 Å². The number of aliphatic carboxylic acids is 2. The molecule has 8 rings (SSSR count). The minimum atomic E-state index is -4.38. The van der Waals surface area contributed by atoms with Crippen LogP contribution in [-0.4, -0.2) is 61.2 Å². The van der Waals surface area contributed by atoms with Gasteiger partial charge in [0.15, 0.2) is 0 Å². The van der Waals surface area contributed by atoms with Gasteiger partial charge in [0.2, 0.25) is 0 Å². The summed E-state index contributed by atoms with van der Waals surface area (Å²) in [5.41, 5.74) is 4.36. The van der Waals surface area contributed by atoms with Crippen molar-refractivity contribution in [2.24, 2.45) is 5.16 Å². The number of oxime groups is 1. The first kappa shape index (κ1) is 66.0. The van der Waals surface area contributed by atoms with Crippen molar-refractivity contribution in [2.45, 2.75) is 69.8 Å². The number of carboxylic acids is 2. The molecule has 0 aliphatic carbocycles. The maximum atomic E-state index is 12.8. The summed E-state index contributed by atoms with van der Waals surface area (Å²) in [4.78, 5) is 48.8. The Balaban J connectivity index is 0.000000399. The fourth-order valence-corrected chi connectivity index (χ4v) is 9.01. The predicted molar refractivity (Wildman–Crippen MR) is 255 cm³/mol. The molecule has 0 spiro atoms. The van der Waals surface area contributed by atoms with Crippen LogP contribution in [0.4, 0.5) is 26.3 Å². The molecule has 0 bridgehead atoms. The molecule has 4 heterocycles. The molecule has 26 heteroatoms. The summed E-state index contributed by atoms with van der Waals surface area (Å²) in [6, 6.07) is 25.1. The Hall–Kier alpha value is -3.24. The molecule has 0 fully saturated rings. The summed E-state index contributed by atoms with van der Waals surface area (Å²) >= 11 is 8.50. The van der Waals surface area contributed by atoms with E-state index in [2.05, 4.69) is 25.2 Å². The molecule has 3 N–H and O–H groups in total. The first-order valence-electron chi connectivity index (χ1n) is 21.3. The maximum absolute atomic E-state index is 12.8. The molecule has 15 nitrogen and oxygen atoms in total. The molecule has 4 aromatic carbocycles. The summed E-state index contributed by atoms with van der Waals surface area (Å²) in [5, 5.41) is 44.8. The van der Waals surface area contributed by atoms with E-state index in [4.69, 9.17) is 40.9 Å². The average Bonchev–Trinajstić information content (AvgIpc) is 4.22. The van der Waals surface area contributed by atoms with Crippen LogP contribution < -0.4 is 148 Å². The van der Waals surface area contributed by atoms with Gasteiger partial charge in [-0.1, -0.05) is 58.8 Å². The third-order valence-electron chi connectivity index (χ3n) is 10.4. The van der Waals surface area contributed by atoms with Crippen molar-refractivity contribution < 1.29 is 220 Å². The normalized spacial score (nSPS) is 12.4. The predicted octanol–water partition coefficient (Wildman–Crippen LogP) is 5.47.